The number of carbonyl (C=O) groups is 1. The summed E-state index contributed by atoms with van der Waals surface area (Å²) in [4.78, 5) is 11.2. The van der Waals surface area contributed by atoms with Crippen LogP contribution in [0, 0.1) is 0 Å². The number of hydrogen-bond donors (Lipinski definition) is 1. The van der Waals surface area contributed by atoms with E-state index in [1.165, 1.54) is 0 Å². The SMILES string of the molecule is O=C(OCCCCCO)SOc1ccccc1. The third kappa shape index (κ3) is 6.86. The van der Waals surface area contributed by atoms with E-state index in [-0.39, 0.29) is 6.61 Å². The molecule has 0 unspecified atom stereocenters. The third-order valence-corrected chi connectivity index (χ3v) is 2.50. The first-order chi connectivity index (χ1) is 8.33. The van der Waals surface area contributed by atoms with Crippen LogP contribution in [0.3, 0.4) is 0 Å². The van der Waals surface area contributed by atoms with E-state index in [9.17, 15) is 4.79 Å². The van der Waals surface area contributed by atoms with Crippen molar-refractivity contribution in [2.45, 2.75) is 19.3 Å². The Morgan fingerprint density at radius 2 is 1.94 bits per heavy atom. The number of unbranched alkanes of at least 4 members (excludes halogenated alkanes) is 2. The molecule has 94 valence electrons. The van der Waals surface area contributed by atoms with Gasteiger partial charge in [0.05, 0.1) is 6.61 Å². The lowest BCUT2D eigenvalue weighted by atomic mass is 10.2. The first-order valence-electron chi connectivity index (χ1n) is 5.50. The number of hydrogen-bond acceptors (Lipinski definition) is 5. The average molecular weight is 256 g/mol. The maximum atomic E-state index is 11.2. The third-order valence-electron chi connectivity index (χ3n) is 1.97. The molecule has 1 aromatic carbocycles. The van der Waals surface area contributed by atoms with Gasteiger partial charge in [0, 0.05) is 6.61 Å². The molecule has 0 saturated carbocycles. The Morgan fingerprint density at radius 3 is 2.65 bits per heavy atom. The maximum Gasteiger partial charge on any atom is 0.407 e. The first-order valence-corrected chi connectivity index (χ1v) is 6.24. The molecule has 0 aliphatic rings. The van der Waals surface area contributed by atoms with Gasteiger partial charge in [-0.15, -0.1) is 0 Å². The Labute approximate surface area is 105 Å². The minimum atomic E-state index is -0.446. The van der Waals surface area contributed by atoms with Gasteiger partial charge in [0.1, 0.15) is 5.75 Å². The van der Waals surface area contributed by atoms with Crippen LogP contribution in [0.2, 0.25) is 0 Å². The zero-order valence-corrected chi connectivity index (χ0v) is 10.3. The standard InChI is InChI=1S/C12H16O4S/c13-9-5-2-6-10-15-12(14)17-16-11-7-3-1-4-8-11/h1,3-4,7-8,13H,2,5-6,9-10H2. The molecule has 0 bridgehead atoms. The normalized spacial score (nSPS) is 9.94. The fourth-order valence-electron chi connectivity index (χ4n) is 1.13. The summed E-state index contributed by atoms with van der Waals surface area (Å²) < 4.78 is 10.1. The van der Waals surface area contributed by atoms with Crippen molar-refractivity contribution in [3.05, 3.63) is 30.3 Å². The number of rotatable bonds is 7. The molecular formula is C12H16O4S. The zero-order valence-electron chi connectivity index (χ0n) is 9.50. The monoisotopic (exact) mass is 256 g/mol. The Hall–Kier alpha value is -1.20. The molecule has 0 saturated heterocycles. The van der Waals surface area contributed by atoms with E-state index in [4.69, 9.17) is 14.0 Å². The van der Waals surface area contributed by atoms with Crippen LogP contribution in [0.15, 0.2) is 30.3 Å². The summed E-state index contributed by atoms with van der Waals surface area (Å²) in [5.41, 5.74) is 0. The fourth-order valence-corrected chi connectivity index (χ4v) is 1.54. The van der Waals surface area contributed by atoms with Crippen molar-refractivity contribution >= 4 is 17.3 Å². The van der Waals surface area contributed by atoms with Crippen LogP contribution in [-0.4, -0.2) is 23.6 Å². The lowest BCUT2D eigenvalue weighted by Crippen LogP contribution is -2.01. The van der Waals surface area contributed by atoms with Crippen LogP contribution in [-0.2, 0) is 4.74 Å². The van der Waals surface area contributed by atoms with E-state index in [1.807, 2.05) is 18.2 Å². The van der Waals surface area contributed by atoms with Crippen LogP contribution in [0.5, 0.6) is 5.75 Å². The average Bonchev–Trinajstić information content (AvgIpc) is 2.37. The highest BCUT2D eigenvalue weighted by Crippen LogP contribution is 2.16. The van der Waals surface area contributed by atoms with Gasteiger partial charge in [-0.1, -0.05) is 18.2 Å². The second kappa shape index (κ2) is 8.90. The van der Waals surface area contributed by atoms with E-state index in [0.717, 1.165) is 19.3 Å². The van der Waals surface area contributed by atoms with Crippen molar-refractivity contribution in [2.75, 3.05) is 13.2 Å². The second-order valence-corrected chi connectivity index (χ2v) is 4.03. The minimum absolute atomic E-state index is 0.180. The van der Waals surface area contributed by atoms with Gasteiger partial charge in [0.25, 0.3) is 0 Å². The predicted molar refractivity (Wildman–Crippen MR) is 66.9 cm³/mol. The highest BCUT2D eigenvalue weighted by Gasteiger charge is 2.05. The van der Waals surface area contributed by atoms with Crippen molar-refractivity contribution in [2.24, 2.45) is 0 Å². The van der Waals surface area contributed by atoms with E-state index >= 15 is 0 Å². The van der Waals surface area contributed by atoms with Crippen molar-refractivity contribution < 1.29 is 18.8 Å². The summed E-state index contributed by atoms with van der Waals surface area (Å²) in [5, 5.41) is 8.11. The van der Waals surface area contributed by atoms with E-state index < -0.39 is 5.30 Å². The van der Waals surface area contributed by atoms with Crippen LogP contribution >= 0.6 is 12.0 Å². The smallest absolute Gasteiger partial charge is 0.407 e. The van der Waals surface area contributed by atoms with Crippen molar-refractivity contribution in [3.8, 4) is 5.75 Å². The second-order valence-electron chi connectivity index (χ2n) is 3.36. The molecule has 0 amide bonds. The molecule has 0 spiro atoms. The number of para-hydroxylation sites is 1. The molecule has 1 N–H and O–H groups in total. The molecule has 0 fully saturated rings. The van der Waals surface area contributed by atoms with Crippen LogP contribution in [0.4, 0.5) is 4.79 Å². The summed E-state index contributed by atoms with van der Waals surface area (Å²) in [6.45, 7) is 0.545. The Morgan fingerprint density at radius 1 is 1.18 bits per heavy atom. The summed E-state index contributed by atoms with van der Waals surface area (Å²) >= 11 is 0.683. The molecule has 0 heterocycles. The topological polar surface area (TPSA) is 55.8 Å². The predicted octanol–water partition coefficient (Wildman–Crippen LogP) is 3.01. The zero-order chi connectivity index (χ0) is 12.3. The van der Waals surface area contributed by atoms with Crippen LogP contribution in [0.25, 0.3) is 0 Å². The first kappa shape index (κ1) is 13.9. The molecule has 5 heteroatoms. The number of benzene rings is 1. The van der Waals surface area contributed by atoms with Gasteiger partial charge in [-0.3, -0.25) is 0 Å². The molecule has 0 radical (unpaired) electrons. The highest BCUT2D eigenvalue weighted by molar-refractivity contribution is 8.09. The maximum absolute atomic E-state index is 11.2. The van der Waals surface area contributed by atoms with Crippen LogP contribution < -0.4 is 4.18 Å². The van der Waals surface area contributed by atoms with Gasteiger partial charge in [-0.25, -0.2) is 4.79 Å². The lowest BCUT2D eigenvalue weighted by molar-refractivity contribution is 0.170. The molecule has 0 aliphatic carbocycles. The van der Waals surface area contributed by atoms with Gasteiger partial charge in [-0.2, -0.15) is 0 Å². The van der Waals surface area contributed by atoms with Gasteiger partial charge in [0.2, 0.25) is 0 Å². The van der Waals surface area contributed by atoms with Gasteiger partial charge in [-0.05, 0) is 31.4 Å². The van der Waals surface area contributed by atoms with Crippen molar-refractivity contribution in [3.63, 3.8) is 0 Å². The summed E-state index contributed by atoms with van der Waals surface area (Å²) in [6, 6.07) is 9.06. The Balaban J connectivity index is 2.05. The van der Waals surface area contributed by atoms with Crippen molar-refractivity contribution in [1.82, 2.24) is 0 Å². The number of ether oxygens (including phenoxy) is 1. The quantitative estimate of drug-likeness (QED) is 0.461. The van der Waals surface area contributed by atoms with Gasteiger partial charge in [0.15, 0.2) is 12.0 Å². The molecule has 17 heavy (non-hydrogen) atoms. The number of aliphatic hydroxyl groups is 1. The fraction of sp³-hybridized carbons (Fsp3) is 0.417. The molecule has 0 aromatic heterocycles. The molecule has 0 aliphatic heterocycles. The van der Waals surface area contributed by atoms with Crippen LogP contribution in [0.1, 0.15) is 19.3 Å². The molecule has 1 rings (SSSR count). The largest absolute Gasteiger partial charge is 0.455 e. The molecule has 4 nitrogen and oxygen atoms in total. The lowest BCUT2D eigenvalue weighted by Gasteiger charge is -2.04. The minimum Gasteiger partial charge on any atom is -0.455 e. The molecular weight excluding hydrogens is 240 g/mol. The van der Waals surface area contributed by atoms with E-state index in [1.54, 1.807) is 12.1 Å². The van der Waals surface area contributed by atoms with Gasteiger partial charge < -0.3 is 14.0 Å². The highest BCUT2D eigenvalue weighted by atomic mass is 32.2. The Kier molecular flexibility index (Phi) is 7.25. The number of carbonyl (C=O) groups excluding carboxylic acids is 1. The summed E-state index contributed by atoms with van der Waals surface area (Å²) in [6.07, 6.45) is 2.36. The summed E-state index contributed by atoms with van der Waals surface area (Å²) in [5.74, 6) is 0.620. The molecule has 1 aromatic rings. The molecule has 0 atom stereocenters. The van der Waals surface area contributed by atoms with Gasteiger partial charge >= 0.3 is 5.30 Å². The Bertz CT molecular complexity index is 316. The number of aliphatic hydroxyl groups excluding tert-OH is 1. The van der Waals surface area contributed by atoms with E-state index in [0.29, 0.717) is 24.4 Å². The van der Waals surface area contributed by atoms with E-state index in [2.05, 4.69) is 0 Å². The summed E-state index contributed by atoms with van der Waals surface area (Å²) in [7, 11) is 0. The van der Waals surface area contributed by atoms with Crippen molar-refractivity contribution in [1.29, 1.82) is 0 Å².